The Bertz CT molecular complexity index is 1250. The highest BCUT2D eigenvalue weighted by Crippen LogP contribution is 2.46. The highest BCUT2D eigenvalue weighted by atomic mass is 32.2. The van der Waals surface area contributed by atoms with Crippen LogP contribution in [0.2, 0.25) is 0 Å². The first-order valence-electron chi connectivity index (χ1n) is 13.8. The van der Waals surface area contributed by atoms with Crippen molar-refractivity contribution >= 4 is 29.2 Å². The number of carbonyl (C=O) groups excluding carboxylic acids is 1. The Labute approximate surface area is 230 Å². The van der Waals surface area contributed by atoms with Gasteiger partial charge in [-0.3, -0.25) is 4.79 Å². The van der Waals surface area contributed by atoms with Gasteiger partial charge >= 0.3 is 0 Å². The number of aromatic nitrogens is 1. The second kappa shape index (κ2) is 11.4. The Morgan fingerprint density at radius 1 is 1.26 bits per heavy atom. The van der Waals surface area contributed by atoms with Crippen LogP contribution >= 0.6 is 11.8 Å². The Kier molecular flexibility index (Phi) is 7.93. The molecule has 0 bridgehead atoms. The van der Waals surface area contributed by atoms with Crippen LogP contribution in [0.25, 0.3) is 4.85 Å². The van der Waals surface area contributed by atoms with E-state index in [1.54, 1.807) is 0 Å². The summed E-state index contributed by atoms with van der Waals surface area (Å²) in [5.74, 6) is 1.08. The summed E-state index contributed by atoms with van der Waals surface area (Å²) >= 11 is 1.22. The van der Waals surface area contributed by atoms with Gasteiger partial charge < -0.3 is 15.5 Å². The molecule has 2 saturated heterocycles. The van der Waals surface area contributed by atoms with Crippen molar-refractivity contribution < 1.29 is 4.79 Å². The van der Waals surface area contributed by atoms with Crippen molar-refractivity contribution in [3.63, 3.8) is 0 Å². The number of hydrogen-bond acceptors (Lipinski definition) is 6. The first-order valence-corrected chi connectivity index (χ1v) is 14.7. The van der Waals surface area contributed by atoms with E-state index in [0.717, 1.165) is 37.4 Å². The number of pyridine rings is 1. The third-order valence-corrected chi connectivity index (χ3v) is 9.72. The number of amides is 1. The largest absolute Gasteiger partial charge is 0.368 e. The molecule has 1 aliphatic carbocycles. The van der Waals surface area contributed by atoms with Gasteiger partial charge in [0.15, 0.2) is 0 Å². The van der Waals surface area contributed by atoms with E-state index in [-0.39, 0.29) is 0 Å². The van der Waals surface area contributed by atoms with Crippen molar-refractivity contribution in [2.45, 2.75) is 62.1 Å². The molecule has 3 aliphatic rings. The van der Waals surface area contributed by atoms with Crippen LogP contribution in [-0.2, 0) is 11.2 Å². The van der Waals surface area contributed by atoms with E-state index in [0.29, 0.717) is 39.5 Å². The van der Waals surface area contributed by atoms with Gasteiger partial charge in [0.05, 0.1) is 12.1 Å². The molecule has 0 radical (unpaired) electrons. The van der Waals surface area contributed by atoms with E-state index < -0.39 is 11.2 Å². The second-order valence-corrected chi connectivity index (χ2v) is 12.2. The molecule has 5 rings (SSSR count). The minimum atomic E-state index is -0.670. The fraction of sp³-hybridized carbons (Fsp3) is 0.533. The highest BCUT2D eigenvalue weighted by Gasteiger charge is 2.40. The monoisotopic (exact) mass is 528 g/mol. The number of benzene rings is 1. The molecule has 7 nitrogen and oxygen atoms in total. The number of anilines is 1. The Morgan fingerprint density at radius 2 is 2.00 bits per heavy atom. The molecule has 1 spiro atoms. The Hall–Kier alpha value is -3.07. The lowest BCUT2D eigenvalue weighted by Gasteiger charge is -2.48. The molecule has 3 fully saturated rings. The summed E-state index contributed by atoms with van der Waals surface area (Å²) in [5.41, 5.74) is 8.49. The second-order valence-electron chi connectivity index (χ2n) is 11.1. The molecule has 3 heterocycles. The van der Waals surface area contributed by atoms with E-state index >= 15 is 0 Å². The lowest BCUT2D eigenvalue weighted by atomic mass is 9.72. The van der Waals surface area contributed by atoms with Crippen LogP contribution in [0.3, 0.4) is 0 Å². The van der Waals surface area contributed by atoms with E-state index in [1.165, 1.54) is 57.1 Å². The average Bonchev–Trinajstić information content (AvgIpc) is 3.75. The van der Waals surface area contributed by atoms with Crippen molar-refractivity contribution in [3.05, 3.63) is 58.4 Å². The third-order valence-electron chi connectivity index (χ3n) is 8.47. The molecule has 1 saturated carbocycles. The van der Waals surface area contributed by atoms with Crippen LogP contribution in [0.4, 0.5) is 11.5 Å². The van der Waals surface area contributed by atoms with Crippen LogP contribution in [0.5, 0.6) is 0 Å². The van der Waals surface area contributed by atoms with Gasteiger partial charge in [0.2, 0.25) is 11.6 Å². The molecule has 8 heteroatoms. The number of thioether (sulfide) groups is 1. The zero-order valence-corrected chi connectivity index (χ0v) is 23.0. The SMILES string of the molecule is [C-]#[N+]c1c(N2CCC3(CCCN(CC4CC4)C3)CC2)nc(SC(C(N)=O)c2ccccc2)c(C#N)c1CC. The van der Waals surface area contributed by atoms with Crippen LogP contribution in [-0.4, -0.2) is 48.5 Å². The van der Waals surface area contributed by atoms with E-state index in [4.69, 9.17) is 17.3 Å². The van der Waals surface area contributed by atoms with Gasteiger partial charge in [0.1, 0.15) is 22.2 Å². The lowest BCUT2D eigenvalue weighted by molar-refractivity contribution is -0.117. The van der Waals surface area contributed by atoms with Crippen molar-refractivity contribution in [1.29, 1.82) is 5.26 Å². The smallest absolute Gasteiger partial charge is 0.235 e. The van der Waals surface area contributed by atoms with Gasteiger partial charge in [-0.25, -0.2) is 9.83 Å². The first kappa shape index (κ1) is 26.5. The summed E-state index contributed by atoms with van der Waals surface area (Å²) in [6.07, 6.45) is 8.05. The lowest BCUT2D eigenvalue weighted by Crippen LogP contribution is -2.50. The van der Waals surface area contributed by atoms with E-state index in [9.17, 15) is 10.1 Å². The molecule has 1 aromatic heterocycles. The number of carbonyl (C=O) groups is 1. The quantitative estimate of drug-likeness (QED) is 0.361. The zero-order chi connectivity index (χ0) is 26.7. The van der Waals surface area contributed by atoms with Crippen molar-refractivity contribution in [2.75, 3.05) is 37.6 Å². The normalized spacial score (nSPS) is 20.0. The first-order chi connectivity index (χ1) is 18.5. The van der Waals surface area contributed by atoms with Crippen LogP contribution in [0.15, 0.2) is 35.4 Å². The number of nitrogens with two attached hydrogens (primary N) is 1. The van der Waals surface area contributed by atoms with Crippen LogP contribution < -0.4 is 10.6 Å². The number of nitrogens with zero attached hydrogens (tertiary/aromatic N) is 5. The maximum atomic E-state index is 12.5. The maximum Gasteiger partial charge on any atom is 0.235 e. The molecule has 2 N–H and O–H groups in total. The molecular formula is C30H36N6OS. The summed E-state index contributed by atoms with van der Waals surface area (Å²) in [6, 6.07) is 11.7. The molecule has 2 aromatic rings. The zero-order valence-electron chi connectivity index (χ0n) is 22.2. The van der Waals surface area contributed by atoms with Gasteiger partial charge in [0, 0.05) is 26.2 Å². The number of likely N-dealkylation sites (tertiary alicyclic amines) is 1. The molecule has 1 unspecified atom stereocenters. The fourth-order valence-corrected chi connectivity index (χ4v) is 7.29. The van der Waals surface area contributed by atoms with Gasteiger partial charge in [-0.05, 0) is 74.0 Å². The number of nitriles is 1. The maximum absolute atomic E-state index is 12.5. The predicted molar refractivity (Wildman–Crippen MR) is 151 cm³/mol. The Morgan fingerprint density at radius 3 is 2.61 bits per heavy atom. The molecule has 1 atom stereocenters. The van der Waals surface area contributed by atoms with Crippen molar-refractivity contribution in [1.82, 2.24) is 9.88 Å². The topological polar surface area (TPSA) is 90.6 Å². The highest BCUT2D eigenvalue weighted by molar-refractivity contribution is 8.00. The number of primary amides is 1. The van der Waals surface area contributed by atoms with Crippen LogP contribution in [0, 0.1) is 29.2 Å². The number of hydrogen-bond donors (Lipinski definition) is 1. The van der Waals surface area contributed by atoms with Gasteiger partial charge in [-0.1, -0.05) is 49.0 Å². The number of rotatable bonds is 8. The summed E-state index contributed by atoms with van der Waals surface area (Å²) in [6.45, 7) is 15.3. The van der Waals surface area contributed by atoms with Gasteiger partial charge in [0.25, 0.3) is 0 Å². The summed E-state index contributed by atoms with van der Waals surface area (Å²) in [4.78, 5) is 26.2. The van der Waals surface area contributed by atoms with E-state index in [2.05, 4.69) is 20.7 Å². The predicted octanol–water partition coefficient (Wildman–Crippen LogP) is 5.48. The molecule has 1 amide bonds. The average molecular weight is 529 g/mol. The molecule has 38 heavy (non-hydrogen) atoms. The number of piperidine rings is 2. The van der Waals surface area contributed by atoms with Gasteiger partial charge in [-0.15, -0.1) is 0 Å². The summed E-state index contributed by atoms with van der Waals surface area (Å²) < 4.78 is 0. The molecule has 1 aromatic carbocycles. The van der Waals surface area contributed by atoms with Crippen molar-refractivity contribution in [3.8, 4) is 6.07 Å². The summed E-state index contributed by atoms with van der Waals surface area (Å²) in [5, 5.41) is 9.90. The minimum absolute atomic E-state index is 0.351. The molecule has 198 valence electrons. The molecule has 2 aliphatic heterocycles. The third kappa shape index (κ3) is 5.53. The van der Waals surface area contributed by atoms with Crippen LogP contribution in [0.1, 0.15) is 67.4 Å². The molecular weight excluding hydrogens is 492 g/mol. The Balaban J connectivity index is 1.43. The summed E-state index contributed by atoms with van der Waals surface area (Å²) in [7, 11) is 0. The minimum Gasteiger partial charge on any atom is -0.368 e. The van der Waals surface area contributed by atoms with Crippen molar-refractivity contribution in [2.24, 2.45) is 17.1 Å². The van der Waals surface area contributed by atoms with E-state index in [1.807, 2.05) is 37.3 Å². The van der Waals surface area contributed by atoms with Gasteiger partial charge in [-0.2, -0.15) is 5.26 Å². The standard InChI is InChI=1S/C30H36N6OS/c1-3-23-24(18-31)29(38-26(27(32)37)22-8-5-4-6-9-22)34-28(25(23)33-2)36-16-13-30(14-17-36)12-7-15-35(20-30)19-21-10-11-21/h4-6,8-9,21,26H,3,7,10-17,19-20H2,1H3,(H2,32,37). The fourth-order valence-electron chi connectivity index (χ4n) is 6.23.